The summed E-state index contributed by atoms with van der Waals surface area (Å²) < 4.78 is 5.09. The van der Waals surface area contributed by atoms with Gasteiger partial charge in [-0.15, -0.1) is 0 Å². The van der Waals surface area contributed by atoms with E-state index in [-0.39, 0.29) is 38.8 Å². The topological polar surface area (TPSA) is 63.6 Å². The molecular weight excluding hydrogens is 433 g/mol. The van der Waals surface area contributed by atoms with Crippen molar-refractivity contribution in [3.05, 3.63) is 65.7 Å². The Bertz CT molecular complexity index is 581. The summed E-state index contributed by atoms with van der Waals surface area (Å²) in [5.74, 6) is -1.46. The molecule has 1 N–H and O–H groups in total. The summed E-state index contributed by atoms with van der Waals surface area (Å²) in [6, 6.07) is 14.4. The summed E-state index contributed by atoms with van der Waals surface area (Å²) in [5, 5.41) is 8.97. The van der Waals surface area contributed by atoms with Gasteiger partial charge in [-0.3, -0.25) is 0 Å². The predicted octanol–water partition coefficient (Wildman–Crippen LogP) is 2.60. The minimum Gasteiger partial charge on any atom is -0.478 e. The molecule has 92 valence electrons. The molecule has 0 aromatic heterocycles. The molecule has 4 nitrogen and oxygen atoms in total. The van der Waals surface area contributed by atoms with E-state index in [0.29, 0.717) is 5.75 Å². The average Bonchev–Trinajstić information content (AvgIpc) is 2.40. The first-order valence-electron chi connectivity index (χ1n) is 5.28. The first-order valence-corrected chi connectivity index (χ1v) is 5.28. The Balaban J connectivity index is 0.00000180. The number of hydrogen-bond donors (Lipinski definition) is 1. The van der Waals surface area contributed by atoms with Crippen molar-refractivity contribution in [2.75, 3.05) is 0 Å². The van der Waals surface area contributed by atoms with Crippen molar-refractivity contribution in [1.29, 1.82) is 0 Å². The van der Waals surface area contributed by atoms with Crippen LogP contribution in [0.25, 0.3) is 0 Å². The van der Waals surface area contributed by atoms with Crippen LogP contribution in [-0.4, -0.2) is 17.0 Å². The fourth-order valence-corrected chi connectivity index (χ4v) is 1.50. The Hall–Kier alpha value is -1.68. The summed E-state index contributed by atoms with van der Waals surface area (Å²) >= 11 is 0. The van der Waals surface area contributed by atoms with Gasteiger partial charge in [0.2, 0.25) is 0 Å². The molecule has 0 saturated heterocycles. The molecule has 0 radical (unpaired) electrons. The standard InChI is InChI=1S/C14H10O4.Hg/c15-13(16)11-8-4-5-9-12(11)14(17)18-10-6-2-1-3-7-10;/h1-9H,(H,15,16);. The van der Waals surface area contributed by atoms with Crippen molar-refractivity contribution in [2.24, 2.45) is 0 Å². The minimum atomic E-state index is -1.16. The van der Waals surface area contributed by atoms with Crippen LogP contribution < -0.4 is 4.74 Å². The molecule has 0 atom stereocenters. The Morgan fingerprint density at radius 2 is 1.37 bits per heavy atom. The van der Waals surface area contributed by atoms with E-state index in [9.17, 15) is 9.59 Å². The van der Waals surface area contributed by atoms with E-state index in [2.05, 4.69) is 0 Å². The van der Waals surface area contributed by atoms with Gasteiger partial charge in [-0.05, 0) is 24.3 Å². The van der Waals surface area contributed by atoms with Gasteiger partial charge in [0, 0.05) is 27.7 Å². The molecule has 0 spiro atoms. The van der Waals surface area contributed by atoms with Crippen LogP contribution in [0, 0.1) is 0 Å². The van der Waals surface area contributed by atoms with Gasteiger partial charge in [0.05, 0.1) is 11.1 Å². The van der Waals surface area contributed by atoms with Gasteiger partial charge < -0.3 is 9.84 Å². The van der Waals surface area contributed by atoms with Gasteiger partial charge in [0.15, 0.2) is 0 Å². The zero-order valence-electron chi connectivity index (χ0n) is 10.1. The third-order valence-corrected chi connectivity index (χ3v) is 2.33. The maximum absolute atomic E-state index is 11.9. The molecular formula is C14H10HgO4. The first-order chi connectivity index (χ1) is 8.68. The summed E-state index contributed by atoms with van der Waals surface area (Å²) in [7, 11) is 0. The van der Waals surface area contributed by atoms with E-state index in [1.807, 2.05) is 0 Å². The van der Waals surface area contributed by atoms with Crippen LogP contribution in [0.5, 0.6) is 5.75 Å². The third-order valence-electron chi connectivity index (χ3n) is 2.33. The summed E-state index contributed by atoms with van der Waals surface area (Å²) in [6.45, 7) is 0. The molecule has 0 aliphatic heterocycles. The third kappa shape index (κ3) is 3.89. The molecule has 2 rings (SSSR count). The van der Waals surface area contributed by atoms with Crippen molar-refractivity contribution in [3.8, 4) is 5.75 Å². The van der Waals surface area contributed by atoms with Gasteiger partial charge in [-0.1, -0.05) is 30.3 Å². The molecule has 0 saturated carbocycles. The molecule has 0 amide bonds. The van der Waals surface area contributed by atoms with Crippen molar-refractivity contribution in [2.45, 2.75) is 0 Å². The maximum Gasteiger partial charge on any atom is 0.344 e. The Kier molecular flexibility index (Phi) is 5.70. The molecule has 0 heterocycles. The summed E-state index contributed by atoms with van der Waals surface area (Å²) in [4.78, 5) is 22.8. The Morgan fingerprint density at radius 3 is 1.95 bits per heavy atom. The molecule has 0 aliphatic rings. The van der Waals surface area contributed by atoms with E-state index in [1.54, 1.807) is 42.5 Å². The number of para-hydroxylation sites is 1. The Morgan fingerprint density at radius 1 is 0.842 bits per heavy atom. The van der Waals surface area contributed by atoms with E-state index in [4.69, 9.17) is 9.84 Å². The van der Waals surface area contributed by atoms with Gasteiger partial charge >= 0.3 is 11.9 Å². The molecule has 2 aromatic rings. The number of ether oxygens (including phenoxy) is 1. The number of benzene rings is 2. The van der Waals surface area contributed by atoms with Crippen LogP contribution in [0.15, 0.2) is 54.6 Å². The number of carboxylic acids is 1. The van der Waals surface area contributed by atoms with E-state index in [1.165, 1.54) is 12.1 Å². The molecule has 19 heavy (non-hydrogen) atoms. The van der Waals surface area contributed by atoms with Crippen molar-refractivity contribution < 1.29 is 47.1 Å². The maximum atomic E-state index is 11.9. The molecule has 0 aliphatic carbocycles. The number of carbonyl (C=O) groups excluding carboxylic acids is 1. The SMILES string of the molecule is O=C(O)c1ccccc1C(=O)Oc1ccccc1.[Hg]. The van der Waals surface area contributed by atoms with Crippen molar-refractivity contribution in [1.82, 2.24) is 0 Å². The van der Waals surface area contributed by atoms with Crippen LogP contribution >= 0.6 is 0 Å². The number of hydrogen-bond acceptors (Lipinski definition) is 3. The smallest absolute Gasteiger partial charge is 0.344 e. The second-order valence-corrected chi connectivity index (χ2v) is 3.55. The molecule has 2 aromatic carbocycles. The van der Waals surface area contributed by atoms with E-state index in [0.717, 1.165) is 0 Å². The zero-order valence-corrected chi connectivity index (χ0v) is 15.6. The Labute approximate surface area is 130 Å². The number of esters is 1. The van der Waals surface area contributed by atoms with Crippen LogP contribution in [0.3, 0.4) is 0 Å². The van der Waals surface area contributed by atoms with Crippen molar-refractivity contribution in [3.63, 3.8) is 0 Å². The molecule has 0 bridgehead atoms. The fraction of sp³-hybridized carbons (Fsp3) is 0. The fourth-order valence-electron chi connectivity index (χ4n) is 1.50. The normalized spacial score (nSPS) is 9.26. The van der Waals surface area contributed by atoms with Crippen LogP contribution in [0.1, 0.15) is 20.7 Å². The quantitative estimate of drug-likeness (QED) is 0.451. The second-order valence-electron chi connectivity index (χ2n) is 3.55. The molecule has 0 unspecified atom stereocenters. The van der Waals surface area contributed by atoms with Gasteiger partial charge in [0.1, 0.15) is 5.75 Å². The monoisotopic (exact) mass is 444 g/mol. The number of rotatable bonds is 3. The predicted molar refractivity (Wildman–Crippen MR) is 64.8 cm³/mol. The van der Waals surface area contributed by atoms with Crippen LogP contribution in [0.4, 0.5) is 0 Å². The van der Waals surface area contributed by atoms with Gasteiger partial charge in [-0.25, -0.2) is 9.59 Å². The van der Waals surface area contributed by atoms with E-state index < -0.39 is 11.9 Å². The van der Waals surface area contributed by atoms with Crippen molar-refractivity contribution >= 4 is 11.9 Å². The zero-order chi connectivity index (χ0) is 13.0. The minimum absolute atomic E-state index is 0. The van der Waals surface area contributed by atoms with E-state index >= 15 is 0 Å². The molecule has 0 fully saturated rings. The second kappa shape index (κ2) is 7.04. The largest absolute Gasteiger partial charge is 0.478 e. The number of carbonyl (C=O) groups is 2. The summed E-state index contributed by atoms with van der Waals surface area (Å²) in [5.41, 5.74) is -0.0349. The number of carboxylic acid groups (broad SMARTS) is 1. The summed E-state index contributed by atoms with van der Waals surface area (Å²) in [6.07, 6.45) is 0. The first kappa shape index (κ1) is 15.4. The van der Waals surface area contributed by atoms with Crippen LogP contribution in [-0.2, 0) is 27.7 Å². The number of aromatic carboxylic acids is 1. The van der Waals surface area contributed by atoms with Gasteiger partial charge in [-0.2, -0.15) is 0 Å². The average molecular weight is 443 g/mol. The van der Waals surface area contributed by atoms with Gasteiger partial charge in [0.25, 0.3) is 0 Å². The van der Waals surface area contributed by atoms with Crippen LogP contribution in [0.2, 0.25) is 0 Å². The molecule has 5 heteroatoms.